The molecule has 2 heterocycles. The highest BCUT2D eigenvalue weighted by Gasteiger charge is 2.44. The summed E-state index contributed by atoms with van der Waals surface area (Å²) in [5.74, 6) is -1.02. The monoisotopic (exact) mass is 656 g/mol. The molecule has 1 aliphatic heterocycles. The molecule has 0 saturated carbocycles. The molecule has 11 heteroatoms. The number of likely N-dealkylation sites (tertiary alicyclic amines) is 1. The summed E-state index contributed by atoms with van der Waals surface area (Å²) in [5.41, 5.74) is 4.20. The fourth-order valence-corrected chi connectivity index (χ4v) is 6.50. The summed E-state index contributed by atoms with van der Waals surface area (Å²) in [6.45, 7) is 10.2. The quantitative estimate of drug-likeness (QED) is 0.155. The number of amides is 3. The average molecular weight is 657 g/mol. The van der Waals surface area contributed by atoms with Crippen molar-refractivity contribution < 1.29 is 29.0 Å². The Labute approximate surface area is 277 Å². The van der Waals surface area contributed by atoms with Gasteiger partial charge in [0.05, 0.1) is 28.8 Å². The number of carbonyl (C=O) groups excluding carboxylic acids is 4. The Bertz CT molecular complexity index is 1290. The predicted octanol–water partition coefficient (Wildman–Crippen LogP) is 5.30. The number of ether oxygens (including phenoxy) is 1. The van der Waals surface area contributed by atoms with Crippen LogP contribution in [-0.4, -0.2) is 70.0 Å². The molecule has 3 rings (SSSR count). The van der Waals surface area contributed by atoms with Crippen LogP contribution in [0.25, 0.3) is 10.4 Å². The number of benzene rings is 1. The summed E-state index contributed by atoms with van der Waals surface area (Å²) < 4.78 is 4.95. The molecule has 0 radical (unpaired) electrons. The predicted molar refractivity (Wildman–Crippen MR) is 180 cm³/mol. The molecule has 254 valence electrons. The van der Waals surface area contributed by atoms with Gasteiger partial charge in [-0.15, -0.1) is 11.3 Å². The van der Waals surface area contributed by atoms with Crippen LogP contribution in [0.5, 0.6) is 0 Å². The maximum Gasteiger partial charge on any atom is 0.305 e. The maximum absolute atomic E-state index is 13.8. The van der Waals surface area contributed by atoms with Crippen LogP contribution in [0.1, 0.15) is 103 Å². The number of nitrogens with one attached hydrogen (secondary N) is 2. The molecule has 2 aromatic rings. The lowest BCUT2D eigenvalue weighted by molar-refractivity contribution is -0.144. The first-order chi connectivity index (χ1) is 21.9. The minimum Gasteiger partial charge on any atom is -0.466 e. The van der Waals surface area contributed by atoms with Gasteiger partial charge in [0.1, 0.15) is 12.1 Å². The second kappa shape index (κ2) is 18.1. The van der Waals surface area contributed by atoms with Gasteiger partial charge in [-0.3, -0.25) is 19.2 Å². The molecule has 3 amide bonds. The third-order valence-electron chi connectivity index (χ3n) is 8.30. The van der Waals surface area contributed by atoms with Crippen molar-refractivity contribution in [2.45, 2.75) is 124 Å². The highest BCUT2D eigenvalue weighted by Crippen LogP contribution is 2.28. The number of aryl methyl sites for hydroxylation is 1. The maximum atomic E-state index is 13.8. The average Bonchev–Trinajstić information content (AvgIpc) is 3.62. The van der Waals surface area contributed by atoms with E-state index in [0.717, 1.165) is 66.6 Å². The number of aliphatic hydroxyl groups excluding tert-OH is 1. The molecule has 3 atom stereocenters. The van der Waals surface area contributed by atoms with Crippen molar-refractivity contribution in [2.75, 3.05) is 13.2 Å². The number of hydrogen-bond acceptors (Lipinski definition) is 8. The minimum atomic E-state index is -0.831. The Morgan fingerprint density at radius 1 is 1.02 bits per heavy atom. The fraction of sp³-hybridized carbons (Fsp3) is 0.629. The zero-order valence-corrected chi connectivity index (χ0v) is 28.9. The second-order valence-electron chi connectivity index (χ2n) is 13.2. The van der Waals surface area contributed by atoms with Gasteiger partial charge in [-0.05, 0) is 43.2 Å². The molecule has 10 nitrogen and oxygen atoms in total. The van der Waals surface area contributed by atoms with Crippen LogP contribution in [0.15, 0.2) is 29.8 Å². The Kier molecular flexibility index (Phi) is 14.6. The highest BCUT2D eigenvalue weighted by atomic mass is 32.1. The number of nitrogens with zero attached hydrogens (tertiary/aromatic N) is 2. The molecule has 1 fully saturated rings. The number of β-amino-alcohol motifs (C(OH)–C–C–N with tert-alkyl or cyclic N) is 1. The summed E-state index contributed by atoms with van der Waals surface area (Å²) in [5, 5.41) is 16.3. The molecule has 0 bridgehead atoms. The minimum absolute atomic E-state index is 0.0437. The second-order valence-corrected chi connectivity index (χ2v) is 14.1. The molecule has 0 aliphatic carbocycles. The van der Waals surface area contributed by atoms with E-state index in [2.05, 4.69) is 15.6 Å². The van der Waals surface area contributed by atoms with Gasteiger partial charge in [-0.25, -0.2) is 4.98 Å². The molecular formula is C35H52N4O6S. The molecule has 1 aromatic heterocycles. The normalized spacial score (nSPS) is 17.0. The summed E-state index contributed by atoms with van der Waals surface area (Å²) in [6, 6.07) is 6.28. The van der Waals surface area contributed by atoms with Gasteiger partial charge in [0, 0.05) is 32.4 Å². The van der Waals surface area contributed by atoms with Gasteiger partial charge in [0.2, 0.25) is 17.7 Å². The van der Waals surface area contributed by atoms with Crippen LogP contribution in [-0.2, 0) is 30.5 Å². The number of carbonyl (C=O) groups is 4. The smallest absolute Gasteiger partial charge is 0.305 e. The first-order valence-electron chi connectivity index (χ1n) is 16.6. The van der Waals surface area contributed by atoms with E-state index >= 15 is 0 Å². The number of rotatable bonds is 17. The third kappa shape index (κ3) is 11.5. The van der Waals surface area contributed by atoms with Gasteiger partial charge in [-0.1, -0.05) is 77.1 Å². The molecular weight excluding hydrogens is 604 g/mol. The van der Waals surface area contributed by atoms with Crippen LogP contribution in [0.2, 0.25) is 0 Å². The van der Waals surface area contributed by atoms with Crippen molar-refractivity contribution in [1.29, 1.82) is 0 Å². The molecule has 0 spiro atoms. The first-order valence-corrected chi connectivity index (χ1v) is 17.5. The summed E-state index contributed by atoms with van der Waals surface area (Å²) in [4.78, 5) is 58.2. The summed E-state index contributed by atoms with van der Waals surface area (Å²) in [7, 11) is 0. The van der Waals surface area contributed by atoms with Gasteiger partial charge in [0.25, 0.3) is 0 Å². The number of thiazole rings is 1. The van der Waals surface area contributed by atoms with E-state index in [-0.39, 0.29) is 36.7 Å². The lowest BCUT2D eigenvalue weighted by Gasteiger charge is -2.35. The molecule has 46 heavy (non-hydrogen) atoms. The number of aliphatic hydroxyl groups is 1. The number of aromatic nitrogens is 1. The van der Waals surface area contributed by atoms with Crippen LogP contribution in [0, 0.1) is 12.3 Å². The molecule has 3 N–H and O–H groups in total. The Morgan fingerprint density at radius 2 is 1.65 bits per heavy atom. The highest BCUT2D eigenvalue weighted by molar-refractivity contribution is 7.13. The van der Waals surface area contributed by atoms with E-state index in [4.69, 9.17) is 4.74 Å². The van der Waals surface area contributed by atoms with Crippen LogP contribution in [0.4, 0.5) is 0 Å². The summed E-state index contributed by atoms with van der Waals surface area (Å²) in [6.07, 6.45) is 6.66. The van der Waals surface area contributed by atoms with Crippen LogP contribution >= 0.6 is 11.3 Å². The molecule has 3 unspecified atom stereocenters. The van der Waals surface area contributed by atoms with Gasteiger partial charge in [-0.2, -0.15) is 0 Å². The van der Waals surface area contributed by atoms with Crippen molar-refractivity contribution >= 4 is 35.0 Å². The van der Waals surface area contributed by atoms with E-state index in [0.29, 0.717) is 26.0 Å². The van der Waals surface area contributed by atoms with Crippen molar-refractivity contribution in [3.63, 3.8) is 0 Å². The van der Waals surface area contributed by atoms with E-state index in [9.17, 15) is 24.3 Å². The van der Waals surface area contributed by atoms with Crippen molar-refractivity contribution in [2.24, 2.45) is 5.41 Å². The van der Waals surface area contributed by atoms with Crippen LogP contribution in [0.3, 0.4) is 0 Å². The molecule has 1 aromatic carbocycles. The largest absolute Gasteiger partial charge is 0.466 e. The van der Waals surface area contributed by atoms with Crippen molar-refractivity contribution in [1.82, 2.24) is 20.5 Å². The zero-order valence-electron chi connectivity index (χ0n) is 28.1. The van der Waals surface area contributed by atoms with E-state index in [1.165, 1.54) is 4.90 Å². The lowest BCUT2D eigenvalue weighted by atomic mass is 9.85. The molecule has 1 saturated heterocycles. The SMILES string of the molecule is CCOC(=O)CCCCCCCCCC(=O)NC(C(=O)N1CC(O)CC1C(=O)NCc1ccc(-c2scnc2C)cc1)C(C)(C)C. The Hall–Kier alpha value is -3.31. The van der Waals surface area contributed by atoms with E-state index in [1.54, 1.807) is 11.3 Å². The van der Waals surface area contributed by atoms with Crippen LogP contribution < -0.4 is 10.6 Å². The van der Waals surface area contributed by atoms with Gasteiger partial charge < -0.3 is 25.4 Å². The number of hydrogen-bond donors (Lipinski definition) is 3. The topological polar surface area (TPSA) is 138 Å². The van der Waals surface area contributed by atoms with Gasteiger partial charge >= 0.3 is 5.97 Å². The first kappa shape index (κ1) is 37.2. The Balaban J connectivity index is 1.46. The summed E-state index contributed by atoms with van der Waals surface area (Å²) >= 11 is 1.58. The zero-order chi connectivity index (χ0) is 33.7. The standard InChI is InChI=1S/C35H52N4O6S/c1-6-45-30(42)15-13-11-9-7-8-10-12-14-29(41)38-32(35(3,4)5)34(44)39-22-27(40)20-28(39)33(43)36-21-25-16-18-26(19-17-25)31-24(2)37-23-46-31/h16-19,23,27-28,32,40H,6-15,20-22H2,1-5H3,(H,36,43)(H,38,41). The number of unbranched alkanes of at least 4 members (excludes halogenated alkanes) is 6. The Morgan fingerprint density at radius 3 is 2.24 bits per heavy atom. The fourth-order valence-electron chi connectivity index (χ4n) is 5.69. The molecule has 1 aliphatic rings. The van der Waals surface area contributed by atoms with E-state index in [1.807, 2.05) is 64.4 Å². The van der Waals surface area contributed by atoms with Crippen molar-refractivity contribution in [3.05, 3.63) is 41.0 Å². The van der Waals surface area contributed by atoms with Crippen molar-refractivity contribution in [3.8, 4) is 10.4 Å². The third-order valence-corrected chi connectivity index (χ3v) is 9.28. The van der Waals surface area contributed by atoms with Gasteiger partial charge in [0.15, 0.2) is 0 Å². The number of esters is 1. The lowest BCUT2D eigenvalue weighted by Crippen LogP contribution is -2.57. The van der Waals surface area contributed by atoms with E-state index < -0.39 is 23.6 Å².